The summed E-state index contributed by atoms with van der Waals surface area (Å²) in [7, 11) is 0. The molecule has 3 heteroatoms. The van der Waals surface area contributed by atoms with E-state index in [4.69, 9.17) is 4.74 Å². The van der Waals surface area contributed by atoms with Crippen molar-refractivity contribution in [3.8, 4) is 0 Å². The Hall–Kier alpha value is -1.45. The molecule has 1 aliphatic carbocycles. The van der Waals surface area contributed by atoms with Crippen molar-refractivity contribution in [2.45, 2.75) is 51.4 Å². The average Bonchev–Trinajstić information content (AvgIpc) is 2.54. The lowest BCUT2D eigenvalue weighted by molar-refractivity contribution is 0.0119. The molecule has 0 radical (unpaired) electrons. The zero-order valence-electron chi connectivity index (χ0n) is 12.7. The zero-order valence-corrected chi connectivity index (χ0v) is 12.7. The molecule has 1 N–H and O–H groups in total. The quantitative estimate of drug-likeness (QED) is 0.909. The van der Waals surface area contributed by atoms with Crippen LogP contribution in [0.15, 0.2) is 36.5 Å². The molecular weight excluding hydrogens is 260 g/mol. The number of nitrogens with one attached hydrogen (secondary N) is 1. The molecule has 1 aliphatic rings. The van der Waals surface area contributed by atoms with Gasteiger partial charge in [0.05, 0.1) is 18.2 Å². The van der Waals surface area contributed by atoms with Gasteiger partial charge in [-0.1, -0.05) is 31.2 Å². The van der Waals surface area contributed by atoms with Crippen LogP contribution in [0.25, 0.3) is 10.9 Å². The number of rotatable bonds is 5. The van der Waals surface area contributed by atoms with E-state index in [9.17, 15) is 0 Å². The van der Waals surface area contributed by atoms with Crippen molar-refractivity contribution in [1.29, 1.82) is 0 Å². The van der Waals surface area contributed by atoms with Crippen LogP contribution in [0.4, 0.5) is 0 Å². The second-order valence-corrected chi connectivity index (χ2v) is 5.83. The van der Waals surface area contributed by atoms with E-state index >= 15 is 0 Å². The molecule has 0 atom stereocenters. The number of para-hydroxylation sites is 1. The van der Waals surface area contributed by atoms with Gasteiger partial charge in [0.1, 0.15) is 0 Å². The second kappa shape index (κ2) is 7.01. The van der Waals surface area contributed by atoms with Crippen LogP contribution >= 0.6 is 0 Å². The molecular formula is C18H24N2O. The highest BCUT2D eigenvalue weighted by Gasteiger charge is 2.21. The van der Waals surface area contributed by atoms with E-state index in [0.717, 1.165) is 24.9 Å². The van der Waals surface area contributed by atoms with E-state index in [2.05, 4.69) is 41.5 Å². The number of aromatic nitrogens is 1. The Bertz CT molecular complexity index is 571. The van der Waals surface area contributed by atoms with Crippen LogP contribution in [0.1, 0.15) is 38.2 Å². The Balaban J connectivity index is 1.58. The first-order valence-corrected chi connectivity index (χ1v) is 8.04. The number of ether oxygens (including phenoxy) is 1. The van der Waals surface area contributed by atoms with E-state index in [-0.39, 0.29) is 0 Å². The largest absolute Gasteiger partial charge is 0.373 e. The lowest BCUT2D eigenvalue weighted by Crippen LogP contribution is -2.35. The maximum atomic E-state index is 6.14. The van der Waals surface area contributed by atoms with Gasteiger partial charge >= 0.3 is 0 Å². The fourth-order valence-corrected chi connectivity index (χ4v) is 3.21. The van der Waals surface area contributed by atoms with Crippen molar-refractivity contribution in [2.75, 3.05) is 6.54 Å². The Morgan fingerprint density at radius 2 is 1.95 bits per heavy atom. The van der Waals surface area contributed by atoms with Crippen LogP contribution in [0.2, 0.25) is 0 Å². The Labute approximate surface area is 126 Å². The SMILES string of the molecule is CCNC1CCC(OCc2cccc3cccnc23)CC1. The smallest absolute Gasteiger partial charge is 0.0757 e. The van der Waals surface area contributed by atoms with E-state index in [1.165, 1.54) is 23.8 Å². The molecule has 1 saturated carbocycles. The standard InChI is InChI=1S/C18H24N2O/c1-2-19-16-8-10-17(11-9-16)21-13-15-6-3-5-14-7-4-12-20-18(14)15/h3-7,12,16-17,19H,2,8-11,13H2,1H3. The van der Waals surface area contributed by atoms with Gasteiger partial charge in [0.2, 0.25) is 0 Å². The molecule has 112 valence electrons. The third-order valence-corrected chi connectivity index (χ3v) is 4.36. The number of fused-ring (bicyclic) bond motifs is 1. The first-order chi connectivity index (χ1) is 10.4. The van der Waals surface area contributed by atoms with Crippen molar-refractivity contribution in [1.82, 2.24) is 10.3 Å². The van der Waals surface area contributed by atoms with Gasteiger partial charge in [-0.2, -0.15) is 0 Å². The van der Waals surface area contributed by atoms with Gasteiger partial charge in [-0.05, 0) is 38.3 Å². The average molecular weight is 284 g/mol. The summed E-state index contributed by atoms with van der Waals surface area (Å²) in [6, 6.07) is 11.1. The third-order valence-electron chi connectivity index (χ3n) is 4.36. The fourth-order valence-electron chi connectivity index (χ4n) is 3.21. The van der Waals surface area contributed by atoms with Crippen molar-refractivity contribution < 1.29 is 4.74 Å². The lowest BCUT2D eigenvalue weighted by atomic mass is 9.93. The van der Waals surface area contributed by atoms with Crippen molar-refractivity contribution in [2.24, 2.45) is 0 Å². The van der Waals surface area contributed by atoms with Gasteiger partial charge < -0.3 is 10.1 Å². The van der Waals surface area contributed by atoms with E-state index in [1.807, 2.05) is 12.3 Å². The molecule has 2 aromatic rings. The van der Waals surface area contributed by atoms with Gasteiger partial charge in [-0.15, -0.1) is 0 Å². The highest BCUT2D eigenvalue weighted by atomic mass is 16.5. The lowest BCUT2D eigenvalue weighted by Gasteiger charge is -2.29. The fraction of sp³-hybridized carbons (Fsp3) is 0.500. The minimum atomic E-state index is 0.402. The molecule has 0 bridgehead atoms. The van der Waals surface area contributed by atoms with Crippen LogP contribution in [-0.2, 0) is 11.3 Å². The van der Waals surface area contributed by atoms with Gasteiger partial charge in [0.25, 0.3) is 0 Å². The summed E-state index contributed by atoms with van der Waals surface area (Å²) in [6.07, 6.45) is 7.04. The maximum absolute atomic E-state index is 6.14. The van der Waals surface area contributed by atoms with Crippen molar-refractivity contribution in [3.63, 3.8) is 0 Å². The highest BCUT2D eigenvalue weighted by molar-refractivity contribution is 5.81. The number of hydrogen-bond donors (Lipinski definition) is 1. The molecule has 0 amide bonds. The molecule has 21 heavy (non-hydrogen) atoms. The van der Waals surface area contributed by atoms with Crippen molar-refractivity contribution >= 4 is 10.9 Å². The Kier molecular flexibility index (Phi) is 4.84. The molecule has 1 aromatic carbocycles. The molecule has 0 unspecified atom stereocenters. The summed E-state index contributed by atoms with van der Waals surface area (Å²) in [4.78, 5) is 4.49. The highest BCUT2D eigenvalue weighted by Crippen LogP contribution is 2.23. The topological polar surface area (TPSA) is 34.1 Å². The normalized spacial score (nSPS) is 22.5. The van der Waals surface area contributed by atoms with Gasteiger partial charge in [-0.3, -0.25) is 4.98 Å². The van der Waals surface area contributed by atoms with E-state index < -0.39 is 0 Å². The molecule has 1 aromatic heterocycles. The predicted octanol–water partition coefficient (Wildman–Crippen LogP) is 3.67. The minimum Gasteiger partial charge on any atom is -0.373 e. The molecule has 1 fully saturated rings. The summed E-state index contributed by atoms with van der Waals surface area (Å²) in [5.41, 5.74) is 2.27. The van der Waals surface area contributed by atoms with E-state index in [1.54, 1.807) is 0 Å². The van der Waals surface area contributed by atoms with Crippen molar-refractivity contribution in [3.05, 3.63) is 42.1 Å². The Morgan fingerprint density at radius 3 is 2.76 bits per heavy atom. The summed E-state index contributed by atoms with van der Waals surface area (Å²) < 4.78 is 6.14. The molecule has 1 heterocycles. The second-order valence-electron chi connectivity index (χ2n) is 5.83. The van der Waals surface area contributed by atoms with Crippen LogP contribution in [-0.4, -0.2) is 23.7 Å². The Morgan fingerprint density at radius 1 is 1.14 bits per heavy atom. The van der Waals surface area contributed by atoms with Gasteiger partial charge in [0.15, 0.2) is 0 Å². The van der Waals surface area contributed by atoms with Crippen LogP contribution in [0.5, 0.6) is 0 Å². The molecule has 0 saturated heterocycles. The number of benzene rings is 1. The third kappa shape index (κ3) is 3.60. The summed E-state index contributed by atoms with van der Waals surface area (Å²) >= 11 is 0. The molecule has 3 nitrogen and oxygen atoms in total. The minimum absolute atomic E-state index is 0.402. The summed E-state index contributed by atoms with van der Waals surface area (Å²) in [5.74, 6) is 0. The van der Waals surface area contributed by atoms with E-state index in [0.29, 0.717) is 18.8 Å². The monoisotopic (exact) mass is 284 g/mol. The first-order valence-electron chi connectivity index (χ1n) is 8.04. The maximum Gasteiger partial charge on any atom is 0.0757 e. The molecule has 3 rings (SSSR count). The van der Waals surface area contributed by atoms with Crippen LogP contribution in [0, 0.1) is 0 Å². The van der Waals surface area contributed by atoms with Gasteiger partial charge in [0, 0.05) is 23.2 Å². The first kappa shape index (κ1) is 14.5. The zero-order chi connectivity index (χ0) is 14.5. The molecule has 0 spiro atoms. The number of pyridine rings is 1. The number of nitrogens with zero attached hydrogens (tertiary/aromatic N) is 1. The predicted molar refractivity (Wildman–Crippen MR) is 86.3 cm³/mol. The number of hydrogen-bond acceptors (Lipinski definition) is 3. The summed E-state index contributed by atoms with van der Waals surface area (Å²) in [5, 5.41) is 4.73. The van der Waals surface area contributed by atoms with Crippen LogP contribution < -0.4 is 5.32 Å². The molecule has 0 aliphatic heterocycles. The summed E-state index contributed by atoms with van der Waals surface area (Å²) in [6.45, 7) is 3.92. The van der Waals surface area contributed by atoms with Crippen LogP contribution in [0.3, 0.4) is 0 Å². The van der Waals surface area contributed by atoms with Gasteiger partial charge in [-0.25, -0.2) is 0 Å².